The molecule has 184 valence electrons. The lowest BCUT2D eigenvalue weighted by Crippen LogP contribution is -2.28. The Bertz CT molecular complexity index is 1450. The largest absolute Gasteiger partial charge is 0.478 e. The van der Waals surface area contributed by atoms with Gasteiger partial charge in [0.2, 0.25) is 0 Å². The Balaban J connectivity index is 1.49. The number of carboxylic acids is 1. The summed E-state index contributed by atoms with van der Waals surface area (Å²) in [6.45, 7) is -0.0936. The molecular formula is C24H18F3N5O4. The Morgan fingerprint density at radius 3 is 2.28 bits per heavy atom. The molecule has 9 nitrogen and oxygen atoms in total. The highest BCUT2D eigenvalue weighted by molar-refractivity contribution is 5.98. The molecule has 0 aliphatic rings. The number of carbonyl (C=O) groups is 3. The van der Waals surface area contributed by atoms with Crippen molar-refractivity contribution in [3.63, 3.8) is 0 Å². The van der Waals surface area contributed by atoms with Gasteiger partial charge in [0.05, 0.1) is 17.3 Å². The minimum absolute atomic E-state index is 0.0105. The van der Waals surface area contributed by atoms with Crippen molar-refractivity contribution in [1.82, 2.24) is 25.2 Å². The number of hydrogen-bond donors (Lipinski definition) is 3. The van der Waals surface area contributed by atoms with Crippen molar-refractivity contribution in [2.24, 2.45) is 0 Å². The van der Waals surface area contributed by atoms with Gasteiger partial charge in [-0.15, -0.1) is 0 Å². The number of aromatic carboxylic acids is 1. The number of hydrogen-bond acceptors (Lipinski definition) is 5. The fourth-order valence-corrected chi connectivity index (χ4v) is 3.36. The van der Waals surface area contributed by atoms with Crippen molar-refractivity contribution in [2.45, 2.75) is 19.3 Å². The quantitative estimate of drug-likeness (QED) is 0.360. The first-order chi connectivity index (χ1) is 17.1. The van der Waals surface area contributed by atoms with E-state index in [1.807, 2.05) is 0 Å². The summed E-state index contributed by atoms with van der Waals surface area (Å²) in [7, 11) is 0. The number of aromatic nitrogens is 3. The highest BCUT2D eigenvalue weighted by atomic mass is 19.4. The van der Waals surface area contributed by atoms with Gasteiger partial charge in [0.1, 0.15) is 11.4 Å². The lowest BCUT2D eigenvalue weighted by atomic mass is 10.1. The van der Waals surface area contributed by atoms with Crippen LogP contribution in [0.4, 0.5) is 13.2 Å². The topological polar surface area (TPSA) is 126 Å². The molecule has 2 heterocycles. The molecule has 0 bridgehead atoms. The molecule has 0 aliphatic carbocycles. The van der Waals surface area contributed by atoms with E-state index in [1.165, 1.54) is 47.1 Å². The number of fused-ring (bicyclic) bond motifs is 1. The molecule has 4 rings (SSSR count). The van der Waals surface area contributed by atoms with Crippen LogP contribution in [-0.4, -0.2) is 37.5 Å². The summed E-state index contributed by atoms with van der Waals surface area (Å²) in [4.78, 5) is 40.7. The number of nitrogens with one attached hydrogen (secondary N) is 2. The molecule has 0 unspecified atom stereocenters. The first kappa shape index (κ1) is 24.4. The molecule has 0 radical (unpaired) electrons. The van der Waals surface area contributed by atoms with Crippen molar-refractivity contribution >= 4 is 23.4 Å². The normalized spacial score (nSPS) is 11.3. The zero-order valence-electron chi connectivity index (χ0n) is 18.4. The van der Waals surface area contributed by atoms with E-state index in [1.54, 1.807) is 12.1 Å². The molecule has 2 aromatic heterocycles. The second kappa shape index (κ2) is 9.86. The maximum atomic E-state index is 12.9. The number of rotatable bonds is 7. The molecular weight excluding hydrogens is 479 g/mol. The summed E-state index contributed by atoms with van der Waals surface area (Å²) in [5.74, 6) is -2.32. The zero-order valence-corrected chi connectivity index (χ0v) is 18.4. The maximum Gasteiger partial charge on any atom is 0.416 e. The van der Waals surface area contributed by atoms with Gasteiger partial charge < -0.3 is 15.7 Å². The maximum absolute atomic E-state index is 12.9. The standard InChI is InChI=1S/C24H18F3N5O4/c25-24(26,27)17-3-1-2-15(10-17)13-28-21(33)18-11-19(32-20(31-18)8-9-30-32)22(34)29-12-14-4-6-16(7-5-14)23(35)36/h1-11H,12-13H2,(H,28,33)(H,29,34)(H,35,36). The summed E-state index contributed by atoms with van der Waals surface area (Å²) in [5.41, 5.74) is 0.288. The van der Waals surface area contributed by atoms with Gasteiger partial charge in [-0.05, 0) is 35.4 Å². The van der Waals surface area contributed by atoms with Gasteiger partial charge in [0.15, 0.2) is 5.65 Å². The van der Waals surface area contributed by atoms with Crippen molar-refractivity contribution in [3.05, 3.63) is 101 Å². The van der Waals surface area contributed by atoms with E-state index < -0.39 is 29.5 Å². The first-order valence-electron chi connectivity index (χ1n) is 10.5. The van der Waals surface area contributed by atoms with Crippen molar-refractivity contribution in [3.8, 4) is 0 Å². The lowest BCUT2D eigenvalue weighted by molar-refractivity contribution is -0.137. The highest BCUT2D eigenvalue weighted by Crippen LogP contribution is 2.29. The van der Waals surface area contributed by atoms with Crippen LogP contribution in [-0.2, 0) is 19.3 Å². The predicted molar refractivity (Wildman–Crippen MR) is 120 cm³/mol. The summed E-state index contributed by atoms with van der Waals surface area (Å²) in [5, 5.41) is 18.2. The number of carbonyl (C=O) groups excluding carboxylic acids is 2. The number of carboxylic acid groups (broad SMARTS) is 1. The zero-order chi connectivity index (χ0) is 25.9. The molecule has 0 aliphatic heterocycles. The van der Waals surface area contributed by atoms with Crippen LogP contribution in [0, 0.1) is 0 Å². The number of amides is 2. The summed E-state index contributed by atoms with van der Waals surface area (Å²) in [6, 6.07) is 13.2. The van der Waals surface area contributed by atoms with Crippen LogP contribution in [0.25, 0.3) is 5.65 Å². The monoisotopic (exact) mass is 497 g/mol. The number of benzene rings is 2. The van der Waals surface area contributed by atoms with Crippen LogP contribution in [0.15, 0.2) is 66.9 Å². The van der Waals surface area contributed by atoms with Crippen LogP contribution < -0.4 is 10.6 Å². The van der Waals surface area contributed by atoms with E-state index in [9.17, 15) is 27.6 Å². The Kier molecular flexibility index (Phi) is 6.68. The Labute approximate surface area is 201 Å². The number of halogens is 3. The van der Waals surface area contributed by atoms with Crippen LogP contribution in [0.1, 0.15) is 48.0 Å². The van der Waals surface area contributed by atoms with Crippen LogP contribution >= 0.6 is 0 Å². The molecule has 36 heavy (non-hydrogen) atoms. The third-order valence-corrected chi connectivity index (χ3v) is 5.19. The predicted octanol–water partition coefficient (Wildman–Crippen LogP) is 3.31. The summed E-state index contributed by atoms with van der Waals surface area (Å²) in [6.07, 6.45) is -3.11. The molecule has 0 atom stereocenters. The molecule has 2 aromatic carbocycles. The third-order valence-electron chi connectivity index (χ3n) is 5.19. The third kappa shape index (κ3) is 5.49. The Hall–Kier alpha value is -4.74. The average Bonchev–Trinajstić information content (AvgIpc) is 3.34. The van der Waals surface area contributed by atoms with Gasteiger partial charge >= 0.3 is 12.1 Å². The van der Waals surface area contributed by atoms with Crippen LogP contribution in [0.3, 0.4) is 0 Å². The highest BCUT2D eigenvalue weighted by Gasteiger charge is 2.30. The molecule has 0 saturated carbocycles. The van der Waals surface area contributed by atoms with E-state index in [0.29, 0.717) is 5.56 Å². The fourth-order valence-electron chi connectivity index (χ4n) is 3.36. The molecule has 0 fully saturated rings. The second-order valence-corrected chi connectivity index (χ2v) is 7.69. The van der Waals surface area contributed by atoms with E-state index >= 15 is 0 Å². The van der Waals surface area contributed by atoms with Gasteiger partial charge in [0, 0.05) is 25.2 Å². The Morgan fingerprint density at radius 1 is 0.889 bits per heavy atom. The minimum atomic E-state index is -4.50. The molecule has 0 saturated heterocycles. The minimum Gasteiger partial charge on any atom is -0.478 e. The first-order valence-corrected chi connectivity index (χ1v) is 10.5. The lowest BCUT2D eigenvalue weighted by Gasteiger charge is -2.11. The van der Waals surface area contributed by atoms with E-state index in [4.69, 9.17) is 5.11 Å². The number of nitrogens with zero attached hydrogens (tertiary/aromatic N) is 3. The van der Waals surface area contributed by atoms with E-state index in [0.717, 1.165) is 12.1 Å². The molecule has 12 heteroatoms. The average molecular weight is 497 g/mol. The molecule has 2 amide bonds. The van der Waals surface area contributed by atoms with E-state index in [2.05, 4.69) is 20.7 Å². The molecule has 4 aromatic rings. The van der Waals surface area contributed by atoms with Crippen LogP contribution in [0.5, 0.6) is 0 Å². The number of alkyl halides is 3. The Morgan fingerprint density at radius 2 is 1.58 bits per heavy atom. The van der Waals surface area contributed by atoms with Gasteiger partial charge in [-0.25, -0.2) is 14.3 Å². The van der Waals surface area contributed by atoms with Crippen LogP contribution in [0.2, 0.25) is 0 Å². The fraction of sp³-hybridized carbons (Fsp3) is 0.125. The summed E-state index contributed by atoms with van der Waals surface area (Å²) >= 11 is 0. The SMILES string of the molecule is O=C(O)c1ccc(CNC(=O)c2cc(C(=O)NCc3cccc(C(F)(F)F)c3)nc3ccnn23)cc1. The molecule has 0 spiro atoms. The van der Waals surface area contributed by atoms with Crippen molar-refractivity contribution < 1.29 is 32.7 Å². The van der Waals surface area contributed by atoms with Gasteiger partial charge in [0.25, 0.3) is 11.8 Å². The molecule has 3 N–H and O–H groups in total. The van der Waals surface area contributed by atoms with Crippen molar-refractivity contribution in [2.75, 3.05) is 0 Å². The second-order valence-electron chi connectivity index (χ2n) is 7.69. The van der Waals surface area contributed by atoms with Gasteiger partial charge in [-0.3, -0.25) is 9.59 Å². The van der Waals surface area contributed by atoms with Gasteiger partial charge in [-0.2, -0.15) is 18.3 Å². The van der Waals surface area contributed by atoms with Gasteiger partial charge in [-0.1, -0.05) is 24.3 Å². The summed E-state index contributed by atoms with van der Waals surface area (Å²) < 4.78 is 40.0. The van der Waals surface area contributed by atoms with Crippen molar-refractivity contribution in [1.29, 1.82) is 0 Å². The smallest absolute Gasteiger partial charge is 0.416 e. The van der Waals surface area contributed by atoms with E-state index in [-0.39, 0.29) is 41.3 Å².